The molecule has 1 unspecified atom stereocenters. The minimum absolute atomic E-state index is 0.0824. The van der Waals surface area contributed by atoms with Crippen LogP contribution in [0.2, 0.25) is 0 Å². The molecule has 31 heavy (non-hydrogen) atoms. The van der Waals surface area contributed by atoms with Crippen molar-refractivity contribution in [3.63, 3.8) is 0 Å². The molecule has 0 radical (unpaired) electrons. The smallest absolute Gasteiger partial charge is 0.228 e. The molecule has 0 aliphatic carbocycles. The molecule has 8 heteroatoms. The zero-order valence-electron chi connectivity index (χ0n) is 17.8. The van der Waals surface area contributed by atoms with Crippen molar-refractivity contribution in [2.24, 2.45) is 0 Å². The maximum atomic E-state index is 12.6. The highest BCUT2D eigenvalue weighted by molar-refractivity contribution is 7.90. The Balaban J connectivity index is 1.50. The fourth-order valence-corrected chi connectivity index (χ4v) is 4.46. The number of carbonyl (C=O) groups is 1. The van der Waals surface area contributed by atoms with Gasteiger partial charge in [0, 0.05) is 30.6 Å². The highest BCUT2D eigenvalue weighted by Crippen LogP contribution is 2.26. The third kappa shape index (κ3) is 4.54. The molecule has 3 heterocycles. The Morgan fingerprint density at radius 2 is 1.87 bits per heavy atom. The predicted molar refractivity (Wildman–Crippen MR) is 117 cm³/mol. The highest BCUT2D eigenvalue weighted by atomic mass is 32.2. The van der Waals surface area contributed by atoms with Crippen molar-refractivity contribution in [1.29, 1.82) is 0 Å². The molecule has 0 saturated carbocycles. The summed E-state index contributed by atoms with van der Waals surface area (Å²) >= 11 is 0. The van der Waals surface area contributed by atoms with E-state index in [-0.39, 0.29) is 23.3 Å². The lowest BCUT2D eigenvalue weighted by Crippen LogP contribution is -2.34. The molecule has 7 nitrogen and oxygen atoms in total. The molecule has 162 valence electrons. The van der Waals surface area contributed by atoms with Crippen LogP contribution < -0.4 is 0 Å². The van der Waals surface area contributed by atoms with Crippen LogP contribution in [0.3, 0.4) is 0 Å². The zero-order chi connectivity index (χ0) is 22.2. The molecule has 1 aromatic carbocycles. The van der Waals surface area contributed by atoms with Gasteiger partial charge in [-0.2, -0.15) is 0 Å². The van der Waals surface area contributed by atoms with Gasteiger partial charge in [0.25, 0.3) is 0 Å². The quantitative estimate of drug-likeness (QED) is 0.602. The van der Waals surface area contributed by atoms with E-state index in [2.05, 4.69) is 16.9 Å². The van der Waals surface area contributed by atoms with Gasteiger partial charge in [0.15, 0.2) is 9.84 Å². The first-order valence-corrected chi connectivity index (χ1v) is 12.1. The summed E-state index contributed by atoms with van der Waals surface area (Å²) in [6.07, 6.45) is 5.17. The van der Waals surface area contributed by atoms with Gasteiger partial charge in [-0.25, -0.2) is 13.4 Å². The molecule has 2 aromatic heterocycles. The lowest BCUT2D eigenvalue weighted by molar-refractivity contribution is -0.131. The van der Waals surface area contributed by atoms with E-state index in [1.54, 1.807) is 30.5 Å². The molecule has 1 aliphatic heterocycles. The summed E-state index contributed by atoms with van der Waals surface area (Å²) in [7, 11) is -3.23. The second-order valence-electron chi connectivity index (χ2n) is 8.01. The molecule has 1 aliphatic rings. The predicted octanol–water partition coefficient (Wildman–Crippen LogP) is 3.67. The summed E-state index contributed by atoms with van der Waals surface area (Å²) in [6, 6.07) is 10.6. The van der Waals surface area contributed by atoms with Crippen LogP contribution in [0.15, 0.2) is 51.9 Å². The van der Waals surface area contributed by atoms with Crippen molar-refractivity contribution in [2.45, 2.75) is 44.0 Å². The lowest BCUT2D eigenvalue weighted by atomic mass is 10.1. The Kier molecular flexibility index (Phi) is 5.66. The average Bonchev–Trinajstić information content (AvgIpc) is 3.33. The van der Waals surface area contributed by atoms with Gasteiger partial charge in [-0.3, -0.25) is 9.78 Å². The molecule has 0 spiro atoms. The van der Waals surface area contributed by atoms with Crippen molar-refractivity contribution in [3.05, 3.63) is 54.0 Å². The standard InChI is InChI=1S/C23H25N3O4S/c1-15-5-4-12-26(15)22(27)13-21-16(2)30-23(25-21)18-8-11-20(24-14-18)17-6-9-19(10-7-17)31(3,28)29/h6-11,14-15H,4-5,12-13H2,1-3H3. The number of nitrogens with zero attached hydrogens (tertiary/aromatic N) is 3. The number of likely N-dealkylation sites (tertiary alicyclic amines) is 1. The van der Waals surface area contributed by atoms with Gasteiger partial charge in [-0.05, 0) is 51.0 Å². The Morgan fingerprint density at radius 3 is 2.45 bits per heavy atom. The number of aryl methyl sites for hydroxylation is 1. The van der Waals surface area contributed by atoms with E-state index in [0.717, 1.165) is 24.9 Å². The molecule has 1 saturated heterocycles. The molecule has 0 bridgehead atoms. The molecule has 1 amide bonds. The van der Waals surface area contributed by atoms with Crippen molar-refractivity contribution in [1.82, 2.24) is 14.9 Å². The van der Waals surface area contributed by atoms with Gasteiger partial charge in [-0.1, -0.05) is 12.1 Å². The zero-order valence-corrected chi connectivity index (χ0v) is 18.6. The monoisotopic (exact) mass is 439 g/mol. The first-order valence-electron chi connectivity index (χ1n) is 10.2. The van der Waals surface area contributed by atoms with Crippen LogP contribution in [0.25, 0.3) is 22.7 Å². The van der Waals surface area contributed by atoms with Crippen LogP contribution in [0.5, 0.6) is 0 Å². The summed E-state index contributed by atoms with van der Waals surface area (Å²) in [5, 5.41) is 0. The van der Waals surface area contributed by atoms with Gasteiger partial charge >= 0.3 is 0 Å². The molecular formula is C23H25N3O4S. The second-order valence-corrected chi connectivity index (χ2v) is 10.0. The fraction of sp³-hybridized carbons (Fsp3) is 0.348. The minimum Gasteiger partial charge on any atom is -0.441 e. The van der Waals surface area contributed by atoms with E-state index in [0.29, 0.717) is 28.6 Å². The van der Waals surface area contributed by atoms with Crippen molar-refractivity contribution in [2.75, 3.05) is 12.8 Å². The van der Waals surface area contributed by atoms with Crippen LogP contribution in [0, 0.1) is 6.92 Å². The largest absolute Gasteiger partial charge is 0.441 e. The summed E-state index contributed by atoms with van der Waals surface area (Å²) in [6.45, 7) is 4.70. The number of sulfone groups is 1. The first kappa shape index (κ1) is 21.2. The van der Waals surface area contributed by atoms with Crippen molar-refractivity contribution >= 4 is 15.7 Å². The van der Waals surface area contributed by atoms with E-state index < -0.39 is 9.84 Å². The van der Waals surface area contributed by atoms with Crippen LogP contribution in [0.1, 0.15) is 31.2 Å². The molecule has 0 N–H and O–H groups in total. The first-order chi connectivity index (χ1) is 14.7. The number of carbonyl (C=O) groups excluding carboxylic acids is 1. The van der Waals surface area contributed by atoms with Gasteiger partial charge in [0.2, 0.25) is 11.8 Å². The number of aromatic nitrogens is 2. The van der Waals surface area contributed by atoms with E-state index in [9.17, 15) is 13.2 Å². The van der Waals surface area contributed by atoms with E-state index in [1.165, 1.54) is 6.26 Å². The molecule has 4 rings (SSSR count). The Hall–Kier alpha value is -3.00. The van der Waals surface area contributed by atoms with Crippen molar-refractivity contribution < 1.29 is 17.6 Å². The van der Waals surface area contributed by atoms with E-state index >= 15 is 0 Å². The van der Waals surface area contributed by atoms with Gasteiger partial charge in [0.05, 0.1) is 28.3 Å². The molecule has 1 atom stereocenters. The number of hydrogen-bond donors (Lipinski definition) is 0. The molecule has 1 fully saturated rings. The van der Waals surface area contributed by atoms with Gasteiger partial charge in [-0.15, -0.1) is 0 Å². The van der Waals surface area contributed by atoms with Crippen LogP contribution >= 0.6 is 0 Å². The molecule has 3 aromatic rings. The Labute approximate surface area is 182 Å². The number of amides is 1. The third-order valence-corrected chi connectivity index (χ3v) is 6.80. The normalized spacial score (nSPS) is 16.6. The second kappa shape index (κ2) is 8.26. The maximum absolute atomic E-state index is 12.6. The number of oxazole rings is 1. The Bertz CT molecular complexity index is 1200. The SMILES string of the molecule is Cc1oc(-c2ccc(-c3ccc(S(C)(=O)=O)cc3)nc2)nc1CC(=O)N1CCCC1C. The van der Waals surface area contributed by atoms with Gasteiger partial charge in [0.1, 0.15) is 5.76 Å². The number of pyridine rings is 1. The third-order valence-electron chi connectivity index (χ3n) is 5.67. The Morgan fingerprint density at radius 1 is 1.16 bits per heavy atom. The van der Waals surface area contributed by atoms with Crippen molar-refractivity contribution in [3.8, 4) is 22.7 Å². The van der Waals surface area contributed by atoms with Crippen LogP contribution in [-0.2, 0) is 21.1 Å². The van der Waals surface area contributed by atoms with Crippen LogP contribution in [0.4, 0.5) is 0 Å². The summed E-state index contributed by atoms with van der Waals surface area (Å²) in [5.41, 5.74) is 2.89. The fourth-order valence-electron chi connectivity index (χ4n) is 3.83. The summed E-state index contributed by atoms with van der Waals surface area (Å²) < 4.78 is 29.0. The summed E-state index contributed by atoms with van der Waals surface area (Å²) in [5.74, 6) is 1.15. The number of rotatable bonds is 5. The number of hydrogen-bond acceptors (Lipinski definition) is 6. The van der Waals surface area contributed by atoms with E-state index in [1.807, 2.05) is 24.0 Å². The number of benzene rings is 1. The minimum atomic E-state index is -3.23. The lowest BCUT2D eigenvalue weighted by Gasteiger charge is -2.20. The summed E-state index contributed by atoms with van der Waals surface area (Å²) in [4.78, 5) is 23.8. The van der Waals surface area contributed by atoms with Crippen LogP contribution in [-0.4, -0.2) is 48.0 Å². The maximum Gasteiger partial charge on any atom is 0.228 e. The molecular weight excluding hydrogens is 414 g/mol. The average molecular weight is 440 g/mol. The van der Waals surface area contributed by atoms with Gasteiger partial charge < -0.3 is 9.32 Å². The topological polar surface area (TPSA) is 93.4 Å². The van der Waals surface area contributed by atoms with E-state index in [4.69, 9.17) is 4.42 Å². The highest BCUT2D eigenvalue weighted by Gasteiger charge is 2.26.